The summed E-state index contributed by atoms with van der Waals surface area (Å²) >= 11 is 11.7. The maximum Gasteiger partial charge on any atom is 0.339 e. The first-order chi connectivity index (χ1) is 11.9. The minimum atomic E-state index is -0.590. The molecule has 0 fully saturated rings. The highest BCUT2D eigenvalue weighted by Gasteiger charge is 2.16. The van der Waals surface area contributed by atoms with Gasteiger partial charge in [-0.2, -0.15) is 0 Å². The van der Waals surface area contributed by atoms with E-state index in [1.54, 1.807) is 18.2 Å². The first kappa shape index (κ1) is 18.8. The van der Waals surface area contributed by atoms with Crippen LogP contribution in [0.1, 0.15) is 16.8 Å². The number of halogens is 2. The van der Waals surface area contributed by atoms with Crippen LogP contribution in [0.3, 0.4) is 0 Å². The van der Waals surface area contributed by atoms with Crippen molar-refractivity contribution in [3.8, 4) is 0 Å². The maximum absolute atomic E-state index is 12.0. The molecule has 8 heteroatoms. The maximum atomic E-state index is 12.0. The Morgan fingerprint density at radius 1 is 0.960 bits per heavy atom. The summed E-state index contributed by atoms with van der Waals surface area (Å²) in [6.45, 7) is 0. The third kappa shape index (κ3) is 5.20. The number of hydrogen-bond acceptors (Lipinski definition) is 4. The SMILES string of the molecule is COC(=O)c1ccccc1NC(=O)CC(=O)Nc1ccc(Cl)cc1Cl. The van der Waals surface area contributed by atoms with Crippen molar-refractivity contribution in [3.05, 3.63) is 58.1 Å². The highest BCUT2D eigenvalue weighted by Crippen LogP contribution is 2.25. The summed E-state index contributed by atoms with van der Waals surface area (Å²) < 4.78 is 4.65. The molecule has 0 aromatic heterocycles. The summed E-state index contributed by atoms with van der Waals surface area (Å²) in [6.07, 6.45) is -0.450. The van der Waals surface area contributed by atoms with Crippen LogP contribution in [0.15, 0.2) is 42.5 Å². The van der Waals surface area contributed by atoms with Crippen molar-refractivity contribution in [3.63, 3.8) is 0 Å². The highest BCUT2D eigenvalue weighted by molar-refractivity contribution is 6.36. The number of nitrogens with one attached hydrogen (secondary N) is 2. The second-order valence-corrected chi connectivity index (χ2v) is 5.78. The lowest BCUT2D eigenvalue weighted by molar-refractivity contribution is -0.123. The molecule has 0 radical (unpaired) electrons. The van der Waals surface area contributed by atoms with Crippen molar-refractivity contribution in [2.75, 3.05) is 17.7 Å². The van der Waals surface area contributed by atoms with Gasteiger partial charge in [-0.3, -0.25) is 9.59 Å². The predicted molar refractivity (Wildman–Crippen MR) is 96.1 cm³/mol. The number of methoxy groups -OCH3 is 1. The van der Waals surface area contributed by atoms with Gasteiger partial charge >= 0.3 is 5.97 Å². The van der Waals surface area contributed by atoms with Crippen LogP contribution < -0.4 is 10.6 Å². The molecule has 0 heterocycles. The molecule has 2 N–H and O–H groups in total. The van der Waals surface area contributed by atoms with E-state index in [9.17, 15) is 14.4 Å². The average molecular weight is 381 g/mol. The number of carbonyl (C=O) groups excluding carboxylic acids is 3. The molecule has 0 bridgehead atoms. The number of carbonyl (C=O) groups is 3. The number of esters is 1. The summed E-state index contributed by atoms with van der Waals surface area (Å²) in [5.41, 5.74) is 0.801. The van der Waals surface area contributed by atoms with E-state index in [-0.39, 0.29) is 16.3 Å². The molecule has 2 amide bonds. The summed E-state index contributed by atoms with van der Waals surface area (Å²) in [7, 11) is 1.24. The molecule has 0 aliphatic carbocycles. The minimum Gasteiger partial charge on any atom is -0.465 e. The fourth-order valence-electron chi connectivity index (χ4n) is 2.01. The van der Waals surface area contributed by atoms with Crippen molar-refractivity contribution in [1.82, 2.24) is 0 Å². The number of benzene rings is 2. The first-order valence-electron chi connectivity index (χ1n) is 7.13. The van der Waals surface area contributed by atoms with E-state index in [0.717, 1.165) is 0 Å². The summed E-state index contributed by atoms with van der Waals surface area (Å²) in [4.78, 5) is 35.7. The van der Waals surface area contributed by atoms with Gasteiger partial charge in [0.25, 0.3) is 0 Å². The number of hydrogen-bond donors (Lipinski definition) is 2. The topological polar surface area (TPSA) is 84.5 Å². The Balaban J connectivity index is 2.01. The normalized spacial score (nSPS) is 10.0. The second kappa shape index (κ2) is 8.50. The van der Waals surface area contributed by atoms with Crippen LogP contribution in [0.25, 0.3) is 0 Å². The van der Waals surface area contributed by atoms with Crippen molar-refractivity contribution in [2.45, 2.75) is 6.42 Å². The van der Waals surface area contributed by atoms with Crippen LogP contribution in [-0.4, -0.2) is 24.9 Å². The second-order valence-electron chi connectivity index (χ2n) is 4.93. The van der Waals surface area contributed by atoms with Crippen LogP contribution in [0, 0.1) is 0 Å². The summed E-state index contributed by atoms with van der Waals surface area (Å²) in [5.74, 6) is -1.73. The monoisotopic (exact) mass is 380 g/mol. The molecule has 0 atom stereocenters. The van der Waals surface area contributed by atoms with E-state index >= 15 is 0 Å². The lowest BCUT2D eigenvalue weighted by Crippen LogP contribution is -2.22. The number of amides is 2. The van der Waals surface area contributed by atoms with Gasteiger partial charge in [-0.05, 0) is 30.3 Å². The fourth-order valence-corrected chi connectivity index (χ4v) is 2.46. The van der Waals surface area contributed by atoms with Crippen LogP contribution in [0.2, 0.25) is 10.0 Å². The van der Waals surface area contributed by atoms with Gasteiger partial charge in [-0.25, -0.2) is 4.79 Å². The van der Waals surface area contributed by atoms with Crippen molar-refractivity contribution in [1.29, 1.82) is 0 Å². The number of ether oxygens (including phenoxy) is 1. The molecule has 6 nitrogen and oxygen atoms in total. The van der Waals surface area contributed by atoms with E-state index < -0.39 is 24.2 Å². The van der Waals surface area contributed by atoms with E-state index in [4.69, 9.17) is 23.2 Å². The highest BCUT2D eigenvalue weighted by atomic mass is 35.5. The zero-order valence-electron chi connectivity index (χ0n) is 13.1. The van der Waals surface area contributed by atoms with Crippen molar-refractivity contribution < 1.29 is 19.1 Å². The average Bonchev–Trinajstić information content (AvgIpc) is 2.57. The van der Waals surface area contributed by atoms with E-state index in [1.165, 1.54) is 31.4 Å². The number of rotatable bonds is 5. The standard InChI is InChI=1S/C17H14Cl2N2O4/c1-25-17(24)11-4-2-3-5-13(11)20-15(22)9-16(23)21-14-7-6-10(18)8-12(14)19/h2-8H,9H2,1H3,(H,20,22)(H,21,23). The van der Waals surface area contributed by atoms with Gasteiger partial charge in [0.05, 0.1) is 29.1 Å². The molecule has 0 unspecified atom stereocenters. The van der Waals surface area contributed by atoms with Gasteiger partial charge in [0.2, 0.25) is 11.8 Å². The smallest absolute Gasteiger partial charge is 0.339 e. The third-order valence-corrected chi connectivity index (χ3v) is 3.68. The van der Waals surface area contributed by atoms with E-state index in [0.29, 0.717) is 10.7 Å². The van der Waals surface area contributed by atoms with Gasteiger partial charge < -0.3 is 15.4 Å². The molecule has 0 aliphatic heterocycles. The quantitative estimate of drug-likeness (QED) is 0.610. The Labute approximate surface area is 154 Å². The Bertz CT molecular complexity index is 824. The Morgan fingerprint density at radius 3 is 2.24 bits per heavy atom. The third-order valence-electron chi connectivity index (χ3n) is 3.13. The Kier molecular flexibility index (Phi) is 6.38. The van der Waals surface area contributed by atoms with Crippen LogP contribution >= 0.6 is 23.2 Å². The first-order valence-corrected chi connectivity index (χ1v) is 7.88. The lowest BCUT2D eigenvalue weighted by atomic mass is 10.1. The molecule has 130 valence electrons. The Morgan fingerprint density at radius 2 is 1.60 bits per heavy atom. The number of para-hydroxylation sites is 1. The van der Waals surface area contributed by atoms with E-state index in [2.05, 4.69) is 15.4 Å². The molecular formula is C17H14Cl2N2O4. The molecule has 0 saturated heterocycles. The van der Waals surface area contributed by atoms with Crippen LogP contribution in [0.4, 0.5) is 11.4 Å². The van der Waals surface area contributed by atoms with Crippen LogP contribution in [0.5, 0.6) is 0 Å². The van der Waals surface area contributed by atoms with Gasteiger partial charge in [0.15, 0.2) is 0 Å². The molecule has 0 aliphatic rings. The molecule has 2 rings (SSSR count). The van der Waals surface area contributed by atoms with E-state index in [1.807, 2.05) is 0 Å². The van der Waals surface area contributed by atoms with Gasteiger partial charge in [-0.1, -0.05) is 35.3 Å². The zero-order valence-corrected chi connectivity index (χ0v) is 14.6. The van der Waals surface area contributed by atoms with Gasteiger partial charge in [0, 0.05) is 5.02 Å². The fraction of sp³-hybridized carbons (Fsp3) is 0.118. The van der Waals surface area contributed by atoms with Crippen LogP contribution in [-0.2, 0) is 14.3 Å². The summed E-state index contributed by atoms with van der Waals surface area (Å²) in [5, 5.41) is 5.72. The minimum absolute atomic E-state index is 0.194. The van der Waals surface area contributed by atoms with Crippen molar-refractivity contribution >= 4 is 52.4 Å². The molecule has 2 aromatic rings. The van der Waals surface area contributed by atoms with Gasteiger partial charge in [0.1, 0.15) is 6.42 Å². The molecule has 0 saturated carbocycles. The Hall–Kier alpha value is -2.57. The molecular weight excluding hydrogens is 367 g/mol. The largest absolute Gasteiger partial charge is 0.465 e. The lowest BCUT2D eigenvalue weighted by Gasteiger charge is -2.10. The molecule has 2 aromatic carbocycles. The summed E-state index contributed by atoms with van der Waals surface area (Å²) in [6, 6.07) is 10.9. The van der Waals surface area contributed by atoms with Gasteiger partial charge in [-0.15, -0.1) is 0 Å². The zero-order chi connectivity index (χ0) is 18.4. The molecule has 25 heavy (non-hydrogen) atoms. The van der Waals surface area contributed by atoms with Crippen molar-refractivity contribution in [2.24, 2.45) is 0 Å². The number of anilines is 2. The predicted octanol–water partition coefficient (Wildman–Crippen LogP) is 3.75. The molecule has 0 spiro atoms.